The Morgan fingerprint density at radius 1 is 0.960 bits per heavy atom. The summed E-state index contributed by atoms with van der Waals surface area (Å²) in [4.78, 5) is 13.7. The highest BCUT2D eigenvalue weighted by atomic mass is 32.2. The van der Waals surface area contributed by atoms with E-state index in [1.807, 2.05) is 0 Å². The number of benzene rings is 2. The van der Waals surface area contributed by atoms with Gasteiger partial charge in [0.1, 0.15) is 4.90 Å². The Labute approximate surface area is 144 Å². The first-order valence-corrected chi connectivity index (χ1v) is 10.4. The molecule has 8 nitrogen and oxygen atoms in total. The summed E-state index contributed by atoms with van der Waals surface area (Å²) in [7, 11) is -8.48. The minimum atomic E-state index is -4.43. The van der Waals surface area contributed by atoms with Crippen molar-refractivity contribution in [2.45, 2.75) is 17.7 Å². The van der Waals surface area contributed by atoms with Crippen molar-refractivity contribution < 1.29 is 30.7 Å². The Hall–Kier alpha value is -2.01. The summed E-state index contributed by atoms with van der Waals surface area (Å²) in [6.07, 6.45) is 0.534. The SMILES string of the molecule is O=C1c2cccc3c(S(=O)(=O)O)ccc(c23)N1CCCCS(=O)(=O)O. The van der Waals surface area contributed by atoms with Gasteiger partial charge in [-0.25, -0.2) is 0 Å². The van der Waals surface area contributed by atoms with Crippen LogP contribution in [0.2, 0.25) is 0 Å². The topological polar surface area (TPSA) is 129 Å². The van der Waals surface area contributed by atoms with E-state index in [-0.39, 0.29) is 34.9 Å². The van der Waals surface area contributed by atoms with Crippen LogP contribution in [0.3, 0.4) is 0 Å². The van der Waals surface area contributed by atoms with Crippen molar-refractivity contribution in [2.75, 3.05) is 17.2 Å². The fraction of sp³-hybridized carbons (Fsp3) is 0.267. The monoisotopic (exact) mass is 385 g/mol. The molecule has 0 aliphatic carbocycles. The van der Waals surface area contributed by atoms with Crippen LogP contribution < -0.4 is 4.90 Å². The molecule has 0 atom stereocenters. The van der Waals surface area contributed by atoms with Crippen LogP contribution in [0.5, 0.6) is 0 Å². The van der Waals surface area contributed by atoms with Gasteiger partial charge >= 0.3 is 0 Å². The highest BCUT2D eigenvalue weighted by Gasteiger charge is 2.31. The first-order chi connectivity index (χ1) is 11.6. The fourth-order valence-electron chi connectivity index (χ4n) is 3.02. The molecule has 0 aromatic heterocycles. The Morgan fingerprint density at radius 2 is 1.68 bits per heavy atom. The van der Waals surface area contributed by atoms with E-state index in [0.717, 1.165) is 0 Å². The summed E-state index contributed by atoms with van der Waals surface area (Å²) in [5, 5.41) is 0.698. The van der Waals surface area contributed by atoms with E-state index < -0.39 is 20.2 Å². The van der Waals surface area contributed by atoms with Gasteiger partial charge in [-0.2, -0.15) is 16.8 Å². The number of anilines is 1. The average molecular weight is 385 g/mol. The molecule has 0 spiro atoms. The quantitative estimate of drug-likeness (QED) is 0.572. The van der Waals surface area contributed by atoms with E-state index >= 15 is 0 Å². The van der Waals surface area contributed by atoms with E-state index in [1.165, 1.54) is 29.2 Å². The van der Waals surface area contributed by atoms with E-state index in [1.54, 1.807) is 6.07 Å². The number of nitrogens with zero attached hydrogens (tertiary/aromatic N) is 1. The van der Waals surface area contributed by atoms with Crippen molar-refractivity contribution in [1.29, 1.82) is 0 Å². The average Bonchev–Trinajstić information content (AvgIpc) is 2.77. The lowest BCUT2D eigenvalue weighted by Crippen LogP contribution is -2.28. The molecule has 0 radical (unpaired) electrons. The summed E-state index contributed by atoms with van der Waals surface area (Å²) in [6.45, 7) is 0.226. The lowest BCUT2D eigenvalue weighted by Gasteiger charge is -2.17. The van der Waals surface area contributed by atoms with Crippen LogP contribution in [0.4, 0.5) is 5.69 Å². The van der Waals surface area contributed by atoms with Gasteiger partial charge in [0.05, 0.1) is 11.4 Å². The molecule has 0 saturated heterocycles. The molecular formula is C15H15NO7S2. The molecule has 1 amide bonds. The highest BCUT2D eigenvalue weighted by molar-refractivity contribution is 7.86. The van der Waals surface area contributed by atoms with Crippen LogP contribution in [0.25, 0.3) is 10.8 Å². The maximum Gasteiger partial charge on any atom is 0.295 e. The molecule has 2 aromatic carbocycles. The summed E-state index contributed by atoms with van der Waals surface area (Å²) in [6, 6.07) is 7.31. The van der Waals surface area contributed by atoms with Crippen molar-refractivity contribution in [3.05, 3.63) is 35.9 Å². The van der Waals surface area contributed by atoms with Crippen LogP contribution in [0, 0.1) is 0 Å². The van der Waals surface area contributed by atoms with Gasteiger partial charge in [-0.1, -0.05) is 12.1 Å². The molecule has 10 heteroatoms. The lowest BCUT2D eigenvalue weighted by molar-refractivity contribution is 0.0993. The number of unbranched alkanes of at least 4 members (excludes halogenated alkanes) is 1. The zero-order chi connectivity index (χ0) is 18.4. The van der Waals surface area contributed by atoms with Crippen LogP contribution in [-0.4, -0.2) is 44.1 Å². The van der Waals surface area contributed by atoms with Gasteiger partial charge in [0.15, 0.2) is 0 Å². The Balaban J connectivity index is 1.96. The molecular weight excluding hydrogens is 370 g/mol. The minimum Gasteiger partial charge on any atom is -0.308 e. The molecule has 0 unspecified atom stereocenters. The Bertz CT molecular complexity index is 1070. The number of amides is 1. The van der Waals surface area contributed by atoms with Crippen molar-refractivity contribution in [3.63, 3.8) is 0 Å². The normalized spacial score (nSPS) is 14.5. The number of hydrogen-bond donors (Lipinski definition) is 2. The van der Waals surface area contributed by atoms with E-state index in [2.05, 4.69) is 0 Å². The van der Waals surface area contributed by atoms with Crippen molar-refractivity contribution in [3.8, 4) is 0 Å². The zero-order valence-electron chi connectivity index (χ0n) is 12.9. The standard InChI is InChI=1S/C15H15NO7S2/c17-15-11-5-3-4-10-13(25(21,22)23)7-6-12(14(10)11)16(15)8-1-2-9-24(18,19)20/h3-7H,1-2,8-9H2,(H,18,19,20)(H,21,22,23). The fourth-order valence-corrected chi connectivity index (χ4v) is 4.28. The third-order valence-electron chi connectivity index (χ3n) is 4.06. The van der Waals surface area contributed by atoms with E-state index in [4.69, 9.17) is 4.55 Å². The third-order valence-corrected chi connectivity index (χ3v) is 5.77. The van der Waals surface area contributed by atoms with Crippen LogP contribution in [0.1, 0.15) is 23.2 Å². The molecule has 0 fully saturated rings. The maximum atomic E-state index is 12.6. The number of rotatable bonds is 6. The highest BCUT2D eigenvalue weighted by Crippen LogP contribution is 2.40. The number of carbonyl (C=O) groups is 1. The molecule has 2 aromatic rings. The molecule has 1 heterocycles. The predicted octanol–water partition coefficient (Wildman–Crippen LogP) is 1.71. The van der Waals surface area contributed by atoms with Gasteiger partial charge < -0.3 is 4.90 Å². The van der Waals surface area contributed by atoms with Gasteiger partial charge in [-0.15, -0.1) is 0 Å². The zero-order valence-corrected chi connectivity index (χ0v) is 14.5. The molecule has 0 saturated carbocycles. The number of carbonyl (C=O) groups excluding carboxylic acids is 1. The predicted molar refractivity (Wildman–Crippen MR) is 91.1 cm³/mol. The van der Waals surface area contributed by atoms with E-state index in [9.17, 15) is 26.2 Å². The summed E-state index contributed by atoms with van der Waals surface area (Å²) in [5.41, 5.74) is 0.836. The first kappa shape index (κ1) is 17.8. The van der Waals surface area contributed by atoms with Gasteiger partial charge in [-0.05, 0) is 31.0 Å². The summed E-state index contributed by atoms with van der Waals surface area (Å²) >= 11 is 0. The molecule has 2 N–H and O–H groups in total. The molecule has 25 heavy (non-hydrogen) atoms. The Kier molecular flexibility index (Phi) is 4.31. The van der Waals surface area contributed by atoms with E-state index in [0.29, 0.717) is 23.1 Å². The first-order valence-electron chi connectivity index (χ1n) is 7.40. The van der Waals surface area contributed by atoms with Crippen molar-refractivity contribution in [2.24, 2.45) is 0 Å². The second-order valence-corrected chi connectivity index (χ2v) is 8.70. The lowest BCUT2D eigenvalue weighted by atomic mass is 10.1. The molecule has 134 valence electrons. The minimum absolute atomic E-state index is 0.186. The summed E-state index contributed by atoms with van der Waals surface area (Å²) in [5.74, 6) is -0.709. The number of hydrogen-bond acceptors (Lipinski definition) is 5. The van der Waals surface area contributed by atoms with Crippen LogP contribution >= 0.6 is 0 Å². The summed E-state index contributed by atoms with van der Waals surface area (Å²) < 4.78 is 62.7. The van der Waals surface area contributed by atoms with Gasteiger partial charge in [0.25, 0.3) is 26.1 Å². The van der Waals surface area contributed by atoms with Gasteiger partial charge in [0, 0.05) is 22.9 Å². The molecule has 0 bridgehead atoms. The smallest absolute Gasteiger partial charge is 0.295 e. The molecule has 3 rings (SSSR count). The van der Waals surface area contributed by atoms with Crippen molar-refractivity contribution >= 4 is 42.6 Å². The second kappa shape index (κ2) is 6.06. The molecule has 1 aliphatic rings. The largest absolute Gasteiger partial charge is 0.308 e. The molecule has 1 aliphatic heterocycles. The van der Waals surface area contributed by atoms with Crippen LogP contribution in [-0.2, 0) is 20.2 Å². The Morgan fingerprint density at radius 3 is 2.32 bits per heavy atom. The van der Waals surface area contributed by atoms with Gasteiger partial charge in [-0.3, -0.25) is 13.9 Å². The third kappa shape index (κ3) is 3.38. The van der Waals surface area contributed by atoms with Crippen molar-refractivity contribution in [1.82, 2.24) is 0 Å². The maximum absolute atomic E-state index is 12.6. The van der Waals surface area contributed by atoms with Gasteiger partial charge in [0.2, 0.25) is 0 Å². The van der Waals surface area contributed by atoms with Crippen LogP contribution in [0.15, 0.2) is 35.2 Å². The second-order valence-electron chi connectivity index (χ2n) is 5.74.